The van der Waals surface area contributed by atoms with E-state index < -0.39 is 54.1 Å². The summed E-state index contributed by atoms with van der Waals surface area (Å²) in [6, 6.07) is 0. The molecule has 200 valence electrons. The molecule has 1 saturated heterocycles. The topological polar surface area (TPSA) is 119 Å². The van der Waals surface area contributed by atoms with Gasteiger partial charge in [-0.2, -0.15) is 0 Å². The number of ether oxygens (including phenoxy) is 2. The Morgan fingerprint density at radius 1 is 1.22 bits per heavy atom. The van der Waals surface area contributed by atoms with Crippen LogP contribution in [0.25, 0.3) is 0 Å². The summed E-state index contributed by atoms with van der Waals surface area (Å²) in [5, 5.41) is 12.7. The third kappa shape index (κ3) is 9.09. The van der Waals surface area contributed by atoms with E-state index in [1.807, 2.05) is 6.08 Å². The summed E-state index contributed by atoms with van der Waals surface area (Å²) >= 11 is 0. The van der Waals surface area contributed by atoms with Crippen molar-refractivity contribution in [1.29, 1.82) is 0 Å². The van der Waals surface area contributed by atoms with Crippen molar-refractivity contribution in [3.63, 3.8) is 0 Å². The van der Waals surface area contributed by atoms with Crippen molar-refractivity contribution in [1.82, 2.24) is 5.32 Å². The summed E-state index contributed by atoms with van der Waals surface area (Å²) in [6.45, 7) is 4.98. The molecule has 0 aromatic rings. The maximum atomic E-state index is 15.1. The fraction of sp³-hybridized carbons (Fsp3) is 0.630. The van der Waals surface area contributed by atoms with E-state index in [1.165, 1.54) is 13.2 Å². The maximum Gasteiger partial charge on any atom is 0.331 e. The van der Waals surface area contributed by atoms with Crippen LogP contribution in [-0.2, 0) is 28.7 Å². The summed E-state index contributed by atoms with van der Waals surface area (Å²) in [4.78, 5) is 48.7. The van der Waals surface area contributed by atoms with Gasteiger partial charge in [-0.25, -0.2) is 9.18 Å². The minimum Gasteiger partial charge on any atom is -0.454 e. The van der Waals surface area contributed by atoms with E-state index in [1.54, 1.807) is 39.0 Å². The number of cyclic esters (lactones) is 1. The highest BCUT2D eigenvalue weighted by atomic mass is 19.1. The molecule has 0 aromatic carbocycles. The fourth-order valence-corrected chi connectivity index (χ4v) is 4.65. The number of amides is 2. The Bertz CT molecular complexity index is 881. The molecule has 0 radical (unpaired) electrons. The van der Waals surface area contributed by atoms with Crippen molar-refractivity contribution >= 4 is 23.6 Å². The zero-order valence-electron chi connectivity index (χ0n) is 21.4. The molecular formula is C27H38FNO7. The van der Waals surface area contributed by atoms with Crippen LogP contribution in [0.5, 0.6) is 0 Å². The highest BCUT2D eigenvalue weighted by molar-refractivity contribution is 5.97. The van der Waals surface area contributed by atoms with Gasteiger partial charge in [-0.15, -0.1) is 0 Å². The number of aliphatic hydroxyl groups excluding tert-OH is 1. The van der Waals surface area contributed by atoms with E-state index in [0.29, 0.717) is 18.4 Å². The molecule has 8 nitrogen and oxygen atoms in total. The van der Waals surface area contributed by atoms with Gasteiger partial charge in [-0.3, -0.25) is 19.7 Å². The quantitative estimate of drug-likeness (QED) is 0.309. The summed E-state index contributed by atoms with van der Waals surface area (Å²) in [6.07, 6.45) is 5.31. The third-order valence-corrected chi connectivity index (χ3v) is 6.62. The molecule has 36 heavy (non-hydrogen) atoms. The van der Waals surface area contributed by atoms with Crippen molar-refractivity contribution in [2.24, 2.45) is 17.8 Å². The molecule has 0 saturated carbocycles. The first-order valence-corrected chi connectivity index (χ1v) is 12.4. The van der Waals surface area contributed by atoms with Crippen LogP contribution in [0.3, 0.4) is 0 Å². The van der Waals surface area contributed by atoms with Crippen LogP contribution in [0, 0.1) is 17.8 Å². The van der Waals surface area contributed by atoms with Gasteiger partial charge in [0.1, 0.15) is 24.2 Å². The molecule has 2 unspecified atom stereocenters. The molecule has 0 aliphatic carbocycles. The van der Waals surface area contributed by atoms with Gasteiger partial charge in [0, 0.05) is 38.4 Å². The van der Waals surface area contributed by atoms with Crippen LogP contribution in [0.4, 0.5) is 4.39 Å². The summed E-state index contributed by atoms with van der Waals surface area (Å²) < 4.78 is 26.0. The van der Waals surface area contributed by atoms with Crippen LogP contribution in [0.15, 0.2) is 36.0 Å². The third-order valence-electron chi connectivity index (χ3n) is 6.62. The molecule has 2 aliphatic rings. The first-order valence-electron chi connectivity index (χ1n) is 12.4. The van der Waals surface area contributed by atoms with Gasteiger partial charge in [-0.1, -0.05) is 38.2 Å². The van der Waals surface area contributed by atoms with Crippen LogP contribution < -0.4 is 5.32 Å². The Balaban J connectivity index is 2.17. The van der Waals surface area contributed by atoms with Crippen molar-refractivity contribution in [2.45, 2.75) is 83.8 Å². The lowest BCUT2D eigenvalue weighted by Crippen LogP contribution is -2.40. The molecular weight excluding hydrogens is 469 g/mol. The van der Waals surface area contributed by atoms with Crippen LogP contribution in [-0.4, -0.2) is 60.3 Å². The lowest BCUT2D eigenvalue weighted by molar-refractivity contribution is -0.145. The second-order valence-corrected chi connectivity index (χ2v) is 9.77. The first-order chi connectivity index (χ1) is 17.0. The average molecular weight is 508 g/mol. The molecule has 2 aliphatic heterocycles. The Hall–Kier alpha value is -2.65. The monoisotopic (exact) mass is 507 g/mol. The number of rotatable bonds is 7. The molecule has 2 amide bonds. The van der Waals surface area contributed by atoms with Gasteiger partial charge in [0.05, 0.1) is 12.0 Å². The zero-order valence-corrected chi connectivity index (χ0v) is 21.4. The minimum atomic E-state index is -1.35. The van der Waals surface area contributed by atoms with Gasteiger partial charge in [0.2, 0.25) is 11.8 Å². The fourth-order valence-electron chi connectivity index (χ4n) is 4.65. The van der Waals surface area contributed by atoms with E-state index >= 15 is 4.39 Å². The molecule has 0 bridgehead atoms. The van der Waals surface area contributed by atoms with E-state index in [-0.39, 0.29) is 37.4 Å². The number of imide groups is 1. The largest absolute Gasteiger partial charge is 0.454 e. The predicted octanol–water partition coefficient (Wildman–Crippen LogP) is 3.14. The van der Waals surface area contributed by atoms with Crippen LogP contribution in [0.1, 0.15) is 59.3 Å². The van der Waals surface area contributed by atoms with Gasteiger partial charge in [-0.05, 0) is 37.7 Å². The second kappa shape index (κ2) is 14.2. The van der Waals surface area contributed by atoms with Crippen LogP contribution >= 0.6 is 0 Å². The van der Waals surface area contributed by atoms with Gasteiger partial charge >= 0.3 is 5.97 Å². The molecule has 2 rings (SSSR count). The number of methoxy groups -OCH3 is 1. The predicted molar refractivity (Wildman–Crippen MR) is 131 cm³/mol. The number of aliphatic hydroxyl groups is 1. The highest BCUT2D eigenvalue weighted by Crippen LogP contribution is 2.26. The Kier molecular flexibility index (Phi) is 11.7. The Morgan fingerprint density at radius 3 is 2.50 bits per heavy atom. The van der Waals surface area contributed by atoms with E-state index in [2.05, 4.69) is 5.32 Å². The SMILES string of the molecule is CO[C@H]1/C=C/CC/C=C/C(=O)OC([C@@H](C)C(=O)C[C@H](O)CC2CC(=O)NC(=O)C2)/C(C)=C\[C@H](C)C1F. The average Bonchev–Trinajstić information content (AvgIpc) is 2.79. The highest BCUT2D eigenvalue weighted by Gasteiger charge is 2.33. The first kappa shape index (κ1) is 29.6. The van der Waals surface area contributed by atoms with E-state index in [4.69, 9.17) is 9.47 Å². The number of hydrogen-bond donors (Lipinski definition) is 2. The van der Waals surface area contributed by atoms with E-state index in [9.17, 15) is 24.3 Å². The minimum absolute atomic E-state index is 0.112. The van der Waals surface area contributed by atoms with Crippen LogP contribution in [0.2, 0.25) is 0 Å². The van der Waals surface area contributed by atoms with Crippen molar-refractivity contribution < 1.29 is 38.1 Å². The number of alkyl halides is 1. The number of hydrogen-bond acceptors (Lipinski definition) is 7. The molecule has 2 heterocycles. The van der Waals surface area contributed by atoms with Gasteiger partial charge in [0.25, 0.3) is 0 Å². The Labute approximate surface area is 212 Å². The standard InChI is InChI=1S/C27H38FNO7/c1-16-11-17(2)27(36-25(34)10-8-6-5-7-9-22(35-4)26(16)28)18(3)21(31)15-20(30)12-19-13-23(32)29-24(33)14-19/h7-11,16,18-20,22,26-27,30H,5-6,12-15H2,1-4H3,(H,29,32,33)/b9-7+,10-8+,17-11-/t16-,18-,20+,22-,26?,27?/m0/s1. The number of allylic oxidation sites excluding steroid dienone is 3. The molecule has 9 heteroatoms. The van der Waals surface area contributed by atoms with Crippen molar-refractivity contribution in [3.8, 4) is 0 Å². The lowest BCUT2D eigenvalue weighted by Gasteiger charge is -2.27. The number of esters is 1. The second-order valence-electron chi connectivity index (χ2n) is 9.77. The number of nitrogens with one attached hydrogen (secondary N) is 1. The van der Waals surface area contributed by atoms with E-state index in [0.717, 1.165) is 0 Å². The molecule has 0 aromatic heterocycles. The zero-order chi connectivity index (χ0) is 26.8. The number of carbonyl (C=O) groups is 4. The van der Waals surface area contributed by atoms with Crippen molar-refractivity contribution in [3.05, 3.63) is 36.0 Å². The van der Waals surface area contributed by atoms with Gasteiger partial charge in [0.15, 0.2) is 0 Å². The molecule has 0 spiro atoms. The smallest absolute Gasteiger partial charge is 0.331 e. The molecule has 2 N–H and O–H groups in total. The van der Waals surface area contributed by atoms with Gasteiger partial charge < -0.3 is 14.6 Å². The number of ketones is 1. The molecule has 6 atom stereocenters. The summed E-state index contributed by atoms with van der Waals surface area (Å²) in [5.74, 6) is -3.46. The molecule has 1 fully saturated rings. The number of carbonyl (C=O) groups excluding carboxylic acids is 4. The lowest BCUT2D eigenvalue weighted by atomic mass is 9.85. The maximum absolute atomic E-state index is 15.1. The van der Waals surface area contributed by atoms with Crippen molar-refractivity contribution in [2.75, 3.05) is 7.11 Å². The number of Topliss-reactive ketones (excluding diaryl/α,β-unsaturated/α-hetero) is 1. The number of piperidine rings is 1. The number of halogens is 1. The summed E-state index contributed by atoms with van der Waals surface area (Å²) in [5.41, 5.74) is 0.521. The Morgan fingerprint density at radius 2 is 1.86 bits per heavy atom. The summed E-state index contributed by atoms with van der Waals surface area (Å²) in [7, 11) is 1.44. The normalized spacial score (nSPS) is 31.7.